The van der Waals surface area contributed by atoms with Crippen LogP contribution in [0.2, 0.25) is 0 Å². The Labute approximate surface area is 79.1 Å². The average molecular weight is 192 g/mol. The van der Waals surface area contributed by atoms with Gasteiger partial charge in [-0.15, -0.1) is 0 Å². The zero-order valence-electron chi connectivity index (χ0n) is 6.82. The van der Waals surface area contributed by atoms with Gasteiger partial charge >= 0.3 is 0 Å². The SMILES string of the molecule is C=C(O)c1ccc2nc(N)sc2c1. The van der Waals surface area contributed by atoms with Crippen molar-refractivity contribution in [2.24, 2.45) is 0 Å². The molecule has 3 N–H and O–H groups in total. The molecule has 13 heavy (non-hydrogen) atoms. The Bertz CT molecular complexity index is 475. The summed E-state index contributed by atoms with van der Waals surface area (Å²) in [6.45, 7) is 3.45. The molecule has 0 saturated carbocycles. The van der Waals surface area contributed by atoms with E-state index in [9.17, 15) is 0 Å². The van der Waals surface area contributed by atoms with Crippen LogP contribution in [0.4, 0.5) is 5.13 Å². The summed E-state index contributed by atoms with van der Waals surface area (Å²) in [5.41, 5.74) is 7.10. The molecular formula is C9H8N2OS. The number of hydrogen-bond acceptors (Lipinski definition) is 4. The van der Waals surface area contributed by atoms with E-state index < -0.39 is 0 Å². The van der Waals surface area contributed by atoms with Crippen LogP contribution in [0.25, 0.3) is 16.0 Å². The van der Waals surface area contributed by atoms with E-state index in [2.05, 4.69) is 11.6 Å². The molecule has 2 aromatic rings. The highest BCUT2D eigenvalue weighted by molar-refractivity contribution is 7.22. The highest BCUT2D eigenvalue weighted by atomic mass is 32.1. The minimum absolute atomic E-state index is 0.0638. The number of nitrogens with two attached hydrogens (primary N) is 1. The zero-order chi connectivity index (χ0) is 9.42. The Morgan fingerprint density at radius 2 is 2.31 bits per heavy atom. The highest BCUT2D eigenvalue weighted by Crippen LogP contribution is 2.25. The molecule has 0 bridgehead atoms. The van der Waals surface area contributed by atoms with Gasteiger partial charge in [-0.05, 0) is 18.2 Å². The van der Waals surface area contributed by atoms with Gasteiger partial charge in [0, 0.05) is 5.56 Å². The highest BCUT2D eigenvalue weighted by Gasteiger charge is 2.02. The lowest BCUT2D eigenvalue weighted by Crippen LogP contribution is -1.80. The fraction of sp³-hybridized carbons (Fsp3) is 0. The number of hydrogen-bond donors (Lipinski definition) is 2. The second-order valence-corrected chi connectivity index (χ2v) is 3.74. The van der Waals surface area contributed by atoms with Crippen molar-refractivity contribution in [3.8, 4) is 0 Å². The molecule has 0 aliphatic heterocycles. The van der Waals surface area contributed by atoms with Crippen molar-refractivity contribution in [1.29, 1.82) is 0 Å². The van der Waals surface area contributed by atoms with E-state index in [1.54, 1.807) is 6.07 Å². The number of fused-ring (bicyclic) bond motifs is 1. The average Bonchev–Trinajstić information content (AvgIpc) is 2.42. The Morgan fingerprint density at radius 3 is 3.00 bits per heavy atom. The maximum atomic E-state index is 9.15. The molecule has 0 unspecified atom stereocenters. The van der Waals surface area contributed by atoms with Crippen LogP contribution in [0.15, 0.2) is 24.8 Å². The lowest BCUT2D eigenvalue weighted by Gasteiger charge is -1.96. The summed E-state index contributed by atoms with van der Waals surface area (Å²) in [5.74, 6) is 0.0638. The van der Waals surface area contributed by atoms with Crippen molar-refractivity contribution in [2.75, 3.05) is 5.73 Å². The van der Waals surface area contributed by atoms with Gasteiger partial charge in [0.1, 0.15) is 5.76 Å². The van der Waals surface area contributed by atoms with E-state index in [4.69, 9.17) is 10.8 Å². The largest absolute Gasteiger partial charge is 0.508 e. The van der Waals surface area contributed by atoms with Crippen molar-refractivity contribution >= 4 is 32.4 Å². The quantitative estimate of drug-likeness (QED) is 0.682. The van der Waals surface area contributed by atoms with E-state index in [0.717, 1.165) is 10.2 Å². The monoisotopic (exact) mass is 192 g/mol. The molecule has 0 radical (unpaired) electrons. The minimum atomic E-state index is 0.0638. The maximum absolute atomic E-state index is 9.15. The number of nitrogens with zero attached hydrogens (tertiary/aromatic N) is 1. The summed E-state index contributed by atoms with van der Waals surface area (Å²) in [6.07, 6.45) is 0. The second-order valence-electron chi connectivity index (χ2n) is 2.68. The van der Waals surface area contributed by atoms with Gasteiger partial charge in [0.2, 0.25) is 0 Å². The molecule has 0 aliphatic rings. The predicted molar refractivity (Wildman–Crippen MR) is 55.7 cm³/mol. The zero-order valence-corrected chi connectivity index (χ0v) is 7.64. The third-order valence-electron chi connectivity index (χ3n) is 1.74. The summed E-state index contributed by atoms with van der Waals surface area (Å²) < 4.78 is 0.963. The van der Waals surface area contributed by atoms with Gasteiger partial charge in [0.25, 0.3) is 0 Å². The third-order valence-corrected chi connectivity index (χ3v) is 2.59. The van der Waals surface area contributed by atoms with Crippen LogP contribution in [0, 0.1) is 0 Å². The summed E-state index contributed by atoms with van der Waals surface area (Å²) in [7, 11) is 0. The number of aliphatic hydroxyl groups excluding tert-OH is 1. The third kappa shape index (κ3) is 1.36. The van der Waals surface area contributed by atoms with Crippen molar-refractivity contribution in [3.63, 3.8) is 0 Å². The number of aromatic nitrogens is 1. The van der Waals surface area contributed by atoms with Gasteiger partial charge in [-0.25, -0.2) is 4.98 Å². The lowest BCUT2D eigenvalue weighted by molar-refractivity contribution is 0.514. The normalized spacial score (nSPS) is 10.5. The fourth-order valence-corrected chi connectivity index (χ4v) is 1.90. The Kier molecular flexibility index (Phi) is 1.70. The number of benzene rings is 1. The lowest BCUT2D eigenvalue weighted by atomic mass is 10.2. The van der Waals surface area contributed by atoms with E-state index in [1.807, 2.05) is 12.1 Å². The molecule has 2 rings (SSSR count). The standard InChI is InChI=1S/C9H8N2OS/c1-5(12)6-2-3-7-8(4-6)13-9(10)11-7/h2-4,12H,1H2,(H2,10,11). The van der Waals surface area contributed by atoms with Crippen LogP contribution in [-0.4, -0.2) is 10.1 Å². The van der Waals surface area contributed by atoms with E-state index in [-0.39, 0.29) is 5.76 Å². The molecule has 66 valence electrons. The van der Waals surface area contributed by atoms with Crippen molar-refractivity contribution in [3.05, 3.63) is 30.3 Å². The van der Waals surface area contributed by atoms with Crippen LogP contribution in [0.3, 0.4) is 0 Å². The number of thiazole rings is 1. The van der Waals surface area contributed by atoms with Crippen LogP contribution < -0.4 is 5.73 Å². The summed E-state index contributed by atoms with van der Waals surface area (Å²) in [4.78, 5) is 4.10. The summed E-state index contributed by atoms with van der Waals surface area (Å²) >= 11 is 1.40. The Balaban J connectivity index is 2.67. The molecule has 1 heterocycles. The van der Waals surface area contributed by atoms with Gasteiger partial charge in [-0.1, -0.05) is 17.9 Å². The summed E-state index contributed by atoms with van der Waals surface area (Å²) in [5, 5.41) is 9.69. The molecule has 1 aromatic heterocycles. The van der Waals surface area contributed by atoms with Crippen molar-refractivity contribution in [2.45, 2.75) is 0 Å². The number of nitrogen functional groups attached to an aromatic ring is 1. The molecule has 0 fully saturated rings. The van der Waals surface area contributed by atoms with Gasteiger partial charge in [-0.2, -0.15) is 0 Å². The Morgan fingerprint density at radius 1 is 1.54 bits per heavy atom. The first-order valence-corrected chi connectivity index (χ1v) is 4.53. The topological polar surface area (TPSA) is 59.1 Å². The van der Waals surface area contributed by atoms with Crippen LogP contribution in [0.1, 0.15) is 5.56 Å². The molecule has 0 amide bonds. The molecule has 0 atom stereocenters. The van der Waals surface area contributed by atoms with E-state index in [1.165, 1.54) is 11.3 Å². The summed E-state index contributed by atoms with van der Waals surface area (Å²) in [6, 6.07) is 5.41. The number of aliphatic hydroxyl groups is 1. The predicted octanol–water partition coefficient (Wildman–Crippen LogP) is 2.41. The molecule has 4 heteroatoms. The number of rotatable bonds is 1. The van der Waals surface area contributed by atoms with Crippen molar-refractivity contribution in [1.82, 2.24) is 4.98 Å². The first kappa shape index (κ1) is 8.07. The molecular weight excluding hydrogens is 184 g/mol. The van der Waals surface area contributed by atoms with Crippen LogP contribution in [0.5, 0.6) is 0 Å². The van der Waals surface area contributed by atoms with E-state index >= 15 is 0 Å². The smallest absolute Gasteiger partial charge is 0.181 e. The maximum Gasteiger partial charge on any atom is 0.181 e. The Hall–Kier alpha value is -1.55. The minimum Gasteiger partial charge on any atom is -0.508 e. The van der Waals surface area contributed by atoms with Gasteiger partial charge < -0.3 is 10.8 Å². The molecule has 1 aromatic carbocycles. The molecule has 0 saturated heterocycles. The van der Waals surface area contributed by atoms with Gasteiger partial charge in [-0.3, -0.25) is 0 Å². The first-order valence-electron chi connectivity index (χ1n) is 3.71. The molecule has 0 aliphatic carbocycles. The molecule has 0 spiro atoms. The molecule has 3 nitrogen and oxygen atoms in total. The fourth-order valence-electron chi connectivity index (χ4n) is 1.12. The van der Waals surface area contributed by atoms with Crippen LogP contribution >= 0.6 is 11.3 Å². The van der Waals surface area contributed by atoms with E-state index in [0.29, 0.717) is 10.7 Å². The van der Waals surface area contributed by atoms with Crippen molar-refractivity contribution < 1.29 is 5.11 Å². The first-order chi connectivity index (χ1) is 6.16. The van der Waals surface area contributed by atoms with Crippen LogP contribution in [-0.2, 0) is 0 Å². The van der Waals surface area contributed by atoms with Gasteiger partial charge in [0.05, 0.1) is 10.2 Å². The number of anilines is 1. The van der Waals surface area contributed by atoms with Gasteiger partial charge in [0.15, 0.2) is 5.13 Å². The second kappa shape index (κ2) is 2.74.